The van der Waals surface area contributed by atoms with Crippen molar-refractivity contribution in [2.45, 2.75) is 51.7 Å². The van der Waals surface area contributed by atoms with Crippen molar-refractivity contribution >= 4 is 22.9 Å². The van der Waals surface area contributed by atoms with Gasteiger partial charge in [-0.05, 0) is 44.6 Å². The Morgan fingerprint density at radius 2 is 1.88 bits per heavy atom. The molecule has 2 aliphatic heterocycles. The maximum absolute atomic E-state index is 6.04. The molecule has 1 saturated heterocycles. The molecule has 1 fully saturated rings. The predicted octanol–water partition coefficient (Wildman–Crippen LogP) is 5.56. The third-order valence-corrected chi connectivity index (χ3v) is 7.42. The van der Waals surface area contributed by atoms with E-state index in [-0.39, 0.29) is 6.10 Å². The zero-order valence-corrected chi connectivity index (χ0v) is 20.4. The van der Waals surface area contributed by atoms with Crippen LogP contribution in [0.5, 0.6) is 0 Å². The van der Waals surface area contributed by atoms with Gasteiger partial charge in [0.25, 0.3) is 0 Å². The molecule has 0 aliphatic carbocycles. The van der Waals surface area contributed by atoms with Crippen molar-refractivity contribution in [3.8, 4) is 22.5 Å². The summed E-state index contributed by atoms with van der Waals surface area (Å²) < 4.78 is 10.4. The number of nitrogens with zero attached hydrogens (tertiary/aromatic N) is 3. The topological polar surface area (TPSA) is 43.5 Å². The van der Waals surface area contributed by atoms with Gasteiger partial charge in [0.1, 0.15) is 16.3 Å². The molecule has 5 nitrogen and oxygen atoms in total. The Bertz CT molecular complexity index is 1330. The van der Waals surface area contributed by atoms with E-state index in [1.54, 1.807) is 0 Å². The molecule has 1 unspecified atom stereocenters. The third kappa shape index (κ3) is 3.75. The first kappa shape index (κ1) is 21.6. The van der Waals surface area contributed by atoms with Crippen LogP contribution in [-0.4, -0.2) is 38.4 Å². The van der Waals surface area contributed by atoms with Crippen molar-refractivity contribution < 1.29 is 4.74 Å². The smallest absolute Gasteiger partial charge is 0.162 e. The quantitative estimate of drug-likeness (QED) is 0.388. The van der Waals surface area contributed by atoms with Crippen molar-refractivity contribution in [3.63, 3.8) is 0 Å². The molecule has 1 N–H and O–H groups in total. The molecule has 0 amide bonds. The Labute approximate surface area is 205 Å². The summed E-state index contributed by atoms with van der Waals surface area (Å²) in [6.45, 7) is 4.68. The Morgan fingerprint density at radius 1 is 1.06 bits per heavy atom. The molecule has 4 aromatic rings. The molecular formula is C28H30N4OS. The summed E-state index contributed by atoms with van der Waals surface area (Å²) in [7, 11) is 0. The van der Waals surface area contributed by atoms with Crippen molar-refractivity contribution in [2.24, 2.45) is 0 Å². The highest BCUT2D eigenvalue weighted by atomic mass is 32.1. The standard InChI is InChI=1S/C28H30N4OS/c1-19-12-14-20(15-13-19)24-23-11-5-6-16-31-26(21-8-3-2-4-9-21)30-32(28(23)31)25(24)27(34)29-18-22-10-7-17-33-22/h2-4,8-9,12-15,22H,5-7,10-11,16-18H2,1H3,(H,29,34). The monoisotopic (exact) mass is 470 g/mol. The molecule has 4 heterocycles. The van der Waals surface area contributed by atoms with Gasteiger partial charge in [-0.15, -0.1) is 5.10 Å². The highest BCUT2D eigenvalue weighted by Crippen LogP contribution is 2.38. The van der Waals surface area contributed by atoms with Crippen LogP contribution in [0.2, 0.25) is 0 Å². The molecule has 2 aromatic carbocycles. The van der Waals surface area contributed by atoms with Crippen LogP contribution < -0.4 is 5.32 Å². The summed E-state index contributed by atoms with van der Waals surface area (Å²) in [6, 6.07) is 19.3. The van der Waals surface area contributed by atoms with E-state index in [2.05, 4.69) is 75.9 Å². The first-order valence-corrected chi connectivity index (χ1v) is 12.8. The van der Waals surface area contributed by atoms with Gasteiger partial charge in [0.05, 0.1) is 6.10 Å². The highest BCUT2D eigenvalue weighted by molar-refractivity contribution is 7.80. The third-order valence-electron chi connectivity index (χ3n) is 7.09. The molecule has 6 heteroatoms. The number of hydrogen-bond donors (Lipinski definition) is 1. The average Bonchev–Trinajstić information content (AvgIpc) is 3.54. The summed E-state index contributed by atoms with van der Waals surface area (Å²) >= 11 is 6.04. The number of rotatable bonds is 5. The van der Waals surface area contributed by atoms with Gasteiger partial charge in [0.15, 0.2) is 5.82 Å². The van der Waals surface area contributed by atoms with Crippen LogP contribution in [0.15, 0.2) is 54.6 Å². The molecule has 0 saturated carbocycles. The van der Waals surface area contributed by atoms with Gasteiger partial charge < -0.3 is 14.6 Å². The van der Waals surface area contributed by atoms with Gasteiger partial charge in [0.2, 0.25) is 0 Å². The molecule has 6 rings (SSSR count). The molecule has 174 valence electrons. The lowest BCUT2D eigenvalue weighted by molar-refractivity contribution is 0.114. The van der Waals surface area contributed by atoms with E-state index in [1.807, 2.05) is 0 Å². The Morgan fingerprint density at radius 3 is 2.65 bits per heavy atom. The summed E-state index contributed by atoms with van der Waals surface area (Å²) in [5.41, 5.74) is 8.36. The lowest BCUT2D eigenvalue weighted by atomic mass is 9.97. The molecular weight excluding hydrogens is 440 g/mol. The second-order valence-electron chi connectivity index (χ2n) is 9.45. The van der Waals surface area contributed by atoms with E-state index in [1.165, 1.54) is 27.9 Å². The first-order valence-electron chi connectivity index (χ1n) is 12.4. The number of thiocarbonyl (C=S) groups is 1. The second kappa shape index (κ2) is 9.01. The lowest BCUT2D eigenvalue weighted by Gasteiger charge is -2.14. The van der Waals surface area contributed by atoms with Gasteiger partial charge >= 0.3 is 0 Å². The zero-order valence-electron chi connectivity index (χ0n) is 19.6. The number of nitrogens with one attached hydrogen (secondary N) is 1. The van der Waals surface area contributed by atoms with Gasteiger partial charge in [-0.3, -0.25) is 0 Å². The molecule has 34 heavy (non-hydrogen) atoms. The molecule has 2 aromatic heterocycles. The van der Waals surface area contributed by atoms with E-state index in [9.17, 15) is 0 Å². The summed E-state index contributed by atoms with van der Waals surface area (Å²) in [6.07, 6.45) is 5.77. The fourth-order valence-corrected chi connectivity index (χ4v) is 5.65. The van der Waals surface area contributed by atoms with Crippen LogP contribution >= 0.6 is 12.2 Å². The van der Waals surface area contributed by atoms with Crippen LogP contribution in [0.4, 0.5) is 0 Å². The minimum Gasteiger partial charge on any atom is -0.376 e. The number of aryl methyl sites for hydroxylation is 3. The van der Waals surface area contributed by atoms with E-state index >= 15 is 0 Å². The Kier molecular flexibility index (Phi) is 5.71. The van der Waals surface area contributed by atoms with Crippen molar-refractivity contribution in [3.05, 3.63) is 71.4 Å². The molecule has 0 spiro atoms. The SMILES string of the molecule is Cc1ccc(-c2c3c4n(c(-c5ccccc5)nn4c2C(=S)NCC2CCCO2)CCCC3)cc1. The van der Waals surface area contributed by atoms with Crippen molar-refractivity contribution in [1.82, 2.24) is 19.5 Å². The largest absolute Gasteiger partial charge is 0.376 e. The number of aromatic nitrogens is 3. The van der Waals surface area contributed by atoms with E-state index in [4.69, 9.17) is 22.1 Å². The lowest BCUT2D eigenvalue weighted by Crippen LogP contribution is -2.32. The predicted molar refractivity (Wildman–Crippen MR) is 140 cm³/mol. The molecule has 1 atom stereocenters. The van der Waals surface area contributed by atoms with Gasteiger partial charge in [0, 0.05) is 36.4 Å². The summed E-state index contributed by atoms with van der Waals surface area (Å²) in [5, 5.41) is 8.71. The van der Waals surface area contributed by atoms with Gasteiger partial charge in [-0.1, -0.05) is 72.4 Å². The summed E-state index contributed by atoms with van der Waals surface area (Å²) in [4.78, 5) is 0.747. The average molecular weight is 471 g/mol. The first-order chi connectivity index (χ1) is 16.7. The summed E-state index contributed by atoms with van der Waals surface area (Å²) in [5.74, 6) is 1.01. The van der Waals surface area contributed by atoms with Crippen LogP contribution in [0.1, 0.15) is 42.5 Å². The van der Waals surface area contributed by atoms with Gasteiger partial charge in [-0.25, -0.2) is 4.52 Å². The number of ether oxygens (including phenoxy) is 1. The molecule has 0 radical (unpaired) electrons. The van der Waals surface area contributed by atoms with E-state index in [0.29, 0.717) is 0 Å². The highest BCUT2D eigenvalue weighted by Gasteiger charge is 2.29. The zero-order chi connectivity index (χ0) is 23.1. The van der Waals surface area contributed by atoms with E-state index < -0.39 is 0 Å². The maximum atomic E-state index is 6.04. The van der Waals surface area contributed by atoms with Crippen molar-refractivity contribution in [2.75, 3.05) is 13.2 Å². The van der Waals surface area contributed by atoms with Crippen LogP contribution in [0.25, 0.3) is 28.2 Å². The van der Waals surface area contributed by atoms with Crippen LogP contribution in [0.3, 0.4) is 0 Å². The Balaban J connectivity index is 1.54. The Hall–Kier alpha value is -2.96. The number of benzene rings is 2. The van der Waals surface area contributed by atoms with Gasteiger partial charge in [-0.2, -0.15) is 0 Å². The fraction of sp³-hybridized carbons (Fsp3) is 0.357. The molecule has 0 bridgehead atoms. The normalized spacial score (nSPS) is 17.7. The van der Waals surface area contributed by atoms with Crippen LogP contribution in [-0.2, 0) is 17.7 Å². The minimum absolute atomic E-state index is 0.229. The maximum Gasteiger partial charge on any atom is 0.162 e. The second-order valence-corrected chi connectivity index (χ2v) is 9.86. The molecule has 2 aliphatic rings. The van der Waals surface area contributed by atoms with Crippen LogP contribution in [0, 0.1) is 6.92 Å². The minimum atomic E-state index is 0.229. The van der Waals surface area contributed by atoms with E-state index in [0.717, 1.165) is 73.9 Å². The van der Waals surface area contributed by atoms with Crippen molar-refractivity contribution in [1.29, 1.82) is 0 Å². The fourth-order valence-electron chi connectivity index (χ4n) is 5.38. The number of hydrogen-bond acceptors (Lipinski definition) is 3.